The van der Waals surface area contributed by atoms with Gasteiger partial charge in [0.05, 0.1) is 18.6 Å². The van der Waals surface area contributed by atoms with Gasteiger partial charge in [-0.2, -0.15) is 0 Å². The number of carbonyl (C=O) groups excluding carboxylic acids is 5. The third-order valence-electron chi connectivity index (χ3n) is 4.36. The van der Waals surface area contributed by atoms with Crippen LogP contribution in [-0.4, -0.2) is 76.0 Å². The van der Waals surface area contributed by atoms with E-state index in [1.54, 1.807) is 13.8 Å². The molecule has 14 heteroatoms. The molecule has 32 heavy (non-hydrogen) atoms. The Bertz CT molecular complexity index is 726. The molecule has 0 spiro atoms. The fourth-order valence-corrected chi connectivity index (χ4v) is 2.56. The van der Waals surface area contributed by atoms with Crippen LogP contribution in [0.2, 0.25) is 0 Å². The van der Waals surface area contributed by atoms with Gasteiger partial charge in [0, 0.05) is 6.42 Å². The maximum atomic E-state index is 12.7. The lowest BCUT2D eigenvalue weighted by Gasteiger charge is -2.28. The molecule has 0 aromatic rings. The van der Waals surface area contributed by atoms with Gasteiger partial charge in [0.25, 0.3) is 0 Å². The van der Waals surface area contributed by atoms with E-state index >= 15 is 0 Å². The van der Waals surface area contributed by atoms with Crippen LogP contribution in [0.15, 0.2) is 0 Å². The minimum atomic E-state index is -1.57. The van der Waals surface area contributed by atoms with Crippen LogP contribution in [0.25, 0.3) is 0 Å². The van der Waals surface area contributed by atoms with Crippen LogP contribution in [0.3, 0.4) is 0 Å². The maximum Gasteiger partial charge on any atom is 0.326 e. The predicted octanol–water partition coefficient (Wildman–Crippen LogP) is -3.97. The highest BCUT2D eigenvalue weighted by Crippen LogP contribution is 2.06. The molecule has 0 rings (SSSR count). The van der Waals surface area contributed by atoms with E-state index in [1.165, 1.54) is 6.92 Å². The molecular weight excluding hydrogens is 428 g/mol. The first-order valence-corrected chi connectivity index (χ1v) is 9.81. The van der Waals surface area contributed by atoms with Crippen molar-refractivity contribution in [2.24, 2.45) is 23.1 Å². The predicted molar refractivity (Wildman–Crippen MR) is 110 cm³/mol. The SMILES string of the molecule is CC(C)C(NC(=O)C(N)CC(N)=O)C(=O)NC(C(=O)NC(CCC(N)=O)C(=O)O)C(C)O. The number of hydrogen-bond acceptors (Lipinski definition) is 8. The maximum absolute atomic E-state index is 12.7. The van der Waals surface area contributed by atoms with Crippen molar-refractivity contribution >= 4 is 35.5 Å². The van der Waals surface area contributed by atoms with E-state index in [4.69, 9.17) is 17.2 Å². The molecule has 14 nitrogen and oxygen atoms in total. The monoisotopic (exact) mass is 460 g/mol. The Balaban J connectivity index is 5.36. The van der Waals surface area contributed by atoms with E-state index in [-0.39, 0.29) is 12.8 Å². The quantitative estimate of drug-likeness (QED) is 0.125. The molecule has 11 N–H and O–H groups in total. The number of rotatable bonds is 14. The summed E-state index contributed by atoms with van der Waals surface area (Å²) in [6.45, 7) is 4.37. The summed E-state index contributed by atoms with van der Waals surface area (Å²) in [7, 11) is 0. The first-order valence-electron chi connectivity index (χ1n) is 9.81. The van der Waals surface area contributed by atoms with Crippen molar-refractivity contribution in [2.45, 2.75) is 70.3 Å². The number of nitrogens with two attached hydrogens (primary N) is 3. The molecule has 182 valence electrons. The third kappa shape index (κ3) is 10.2. The van der Waals surface area contributed by atoms with Gasteiger partial charge in [-0.25, -0.2) is 4.79 Å². The van der Waals surface area contributed by atoms with Gasteiger partial charge in [-0.15, -0.1) is 0 Å². The standard InChI is InChI=1S/C18H32N6O8/c1-7(2)13(23-15(28)9(19)6-12(21)27)16(29)24-14(8(3)25)17(30)22-10(18(31)32)4-5-11(20)26/h7-10,13-14,25H,4-6,19H2,1-3H3,(H2,20,26)(H2,21,27)(H,22,30)(H,23,28)(H,24,29)(H,31,32). The highest BCUT2D eigenvalue weighted by Gasteiger charge is 2.33. The molecule has 0 bridgehead atoms. The Morgan fingerprint density at radius 1 is 0.812 bits per heavy atom. The van der Waals surface area contributed by atoms with Gasteiger partial charge < -0.3 is 43.4 Å². The Kier molecular flexibility index (Phi) is 11.9. The normalized spacial score (nSPS) is 15.6. The van der Waals surface area contributed by atoms with Crippen molar-refractivity contribution in [1.29, 1.82) is 0 Å². The molecule has 5 unspecified atom stereocenters. The van der Waals surface area contributed by atoms with E-state index < -0.39 is 78.1 Å². The fourth-order valence-electron chi connectivity index (χ4n) is 2.56. The molecule has 0 aliphatic heterocycles. The second kappa shape index (κ2) is 13.2. The zero-order chi connectivity index (χ0) is 25.2. The summed E-state index contributed by atoms with van der Waals surface area (Å²) in [6, 6.07) is -5.55. The summed E-state index contributed by atoms with van der Waals surface area (Å²) in [5.74, 6) is -6.21. The highest BCUT2D eigenvalue weighted by atomic mass is 16.4. The number of primary amides is 2. The molecule has 0 saturated carbocycles. The van der Waals surface area contributed by atoms with Crippen molar-refractivity contribution < 1.29 is 39.0 Å². The molecule has 5 atom stereocenters. The largest absolute Gasteiger partial charge is 0.480 e. The summed E-state index contributed by atoms with van der Waals surface area (Å²) in [6.07, 6.45) is -2.49. The number of amides is 5. The zero-order valence-corrected chi connectivity index (χ0v) is 18.2. The molecule has 0 saturated heterocycles. The Hall–Kier alpha value is -3.26. The molecule has 0 aromatic heterocycles. The van der Waals surface area contributed by atoms with Crippen LogP contribution in [0, 0.1) is 5.92 Å². The van der Waals surface area contributed by atoms with E-state index in [0.717, 1.165) is 0 Å². The topological polar surface area (TPSA) is 257 Å². The van der Waals surface area contributed by atoms with Gasteiger partial charge in [-0.3, -0.25) is 24.0 Å². The Morgan fingerprint density at radius 2 is 1.31 bits per heavy atom. The third-order valence-corrected chi connectivity index (χ3v) is 4.36. The van der Waals surface area contributed by atoms with Gasteiger partial charge in [-0.05, 0) is 19.3 Å². The van der Waals surface area contributed by atoms with Gasteiger partial charge in [0.15, 0.2) is 0 Å². The summed E-state index contributed by atoms with van der Waals surface area (Å²) in [5, 5.41) is 25.9. The van der Waals surface area contributed by atoms with Gasteiger partial charge in [0.1, 0.15) is 18.1 Å². The minimum Gasteiger partial charge on any atom is -0.480 e. The lowest BCUT2D eigenvalue weighted by atomic mass is 10.0. The lowest BCUT2D eigenvalue weighted by Crippen LogP contribution is -2.61. The number of nitrogens with one attached hydrogen (secondary N) is 3. The summed E-state index contributed by atoms with van der Waals surface area (Å²) in [5.41, 5.74) is 15.5. The molecule has 0 aliphatic rings. The fraction of sp³-hybridized carbons (Fsp3) is 0.667. The number of carbonyl (C=O) groups is 6. The number of aliphatic hydroxyl groups is 1. The average Bonchev–Trinajstić information content (AvgIpc) is 2.65. The van der Waals surface area contributed by atoms with E-state index in [2.05, 4.69) is 16.0 Å². The summed E-state index contributed by atoms with van der Waals surface area (Å²) < 4.78 is 0. The van der Waals surface area contributed by atoms with Crippen LogP contribution in [0.1, 0.15) is 40.0 Å². The van der Waals surface area contributed by atoms with Crippen LogP contribution in [0.5, 0.6) is 0 Å². The van der Waals surface area contributed by atoms with E-state index in [0.29, 0.717) is 0 Å². The van der Waals surface area contributed by atoms with E-state index in [1.807, 2.05) is 0 Å². The number of carboxylic acid groups (broad SMARTS) is 1. The van der Waals surface area contributed by atoms with Crippen LogP contribution in [0.4, 0.5) is 0 Å². The molecule has 0 heterocycles. The number of aliphatic hydroxyl groups excluding tert-OH is 1. The molecule has 0 fully saturated rings. The molecular formula is C18H32N6O8. The number of hydrogen-bond donors (Lipinski definition) is 8. The lowest BCUT2D eigenvalue weighted by molar-refractivity contribution is -0.143. The molecule has 5 amide bonds. The highest BCUT2D eigenvalue weighted by molar-refractivity contribution is 5.95. The van der Waals surface area contributed by atoms with Crippen molar-refractivity contribution in [3.8, 4) is 0 Å². The molecule has 0 aromatic carbocycles. The smallest absolute Gasteiger partial charge is 0.326 e. The summed E-state index contributed by atoms with van der Waals surface area (Å²) >= 11 is 0. The first-order chi connectivity index (χ1) is 14.7. The van der Waals surface area contributed by atoms with Crippen molar-refractivity contribution in [3.05, 3.63) is 0 Å². The zero-order valence-electron chi connectivity index (χ0n) is 18.2. The van der Waals surface area contributed by atoms with Gasteiger partial charge in [0.2, 0.25) is 29.5 Å². The molecule has 0 aliphatic carbocycles. The second-order valence-electron chi connectivity index (χ2n) is 7.64. The second-order valence-corrected chi connectivity index (χ2v) is 7.64. The number of aliphatic carboxylic acids is 1. The van der Waals surface area contributed by atoms with Crippen LogP contribution >= 0.6 is 0 Å². The average molecular weight is 460 g/mol. The minimum absolute atomic E-state index is 0.292. The van der Waals surface area contributed by atoms with Crippen molar-refractivity contribution in [3.63, 3.8) is 0 Å². The first kappa shape index (κ1) is 28.7. The summed E-state index contributed by atoms with van der Waals surface area (Å²) in [4.78, 5) is 70.5. The Labute approximate surface area is 184 Å². The molecule has 0 radical (unpaired) electrons. The van der Waals surface area contributed by atoms with Crippen LogP contribution < -0.4 is 33.2 Å². The van der Waals surface area contributed by atoms with Gasteiger partial charge in [-0.1, -0.05) is 13.8 Å². The van der Waals surface area contributed by atoms with Crippen molar-refractivity contribution in [2.75, 3.05) is 0 Å². The van der Waals surface area contributed by atoms with E-state index in [9.17, 15) is 39.0 Å². The van der Waals surface area contributed by atoms with Gasteiger partial charge >= 0.3 is 5.97 Å². The van der Waals surface area contributed by atoms with Crippen molar-refractivity contribution in [1.82, 2.24) is 16.0 Å². The number of carboxylic acids is 1. The van der Waals surface area contributed by atoms with Crippen LogP contribution in [-0.2, 0) is 28.8 Å². The Morgan fingerprint density at radius 3 is 1.72 bits per heavy atom.